The largest absolute Gasteiger partial charge is 1.00 e. The van der Waals surface area contributed by atoms with E-state index in [0.717, 1.165) is 11.1 Å². The predicted octanol–water partition coefficient (Wildman–Crippen LogP) is 11.2. The van der Waals surface area contributed by atoms with Crippen molar-refractivity contribution in [2.75, 3.05) is 0 Å². The minimum Gasteiger partial charge on any atom is -0.366 e. The van der Waals surface area contributed by atoms with Gasteiger partial charge in [0.15, 0.2) is 0 Å². The van der Waals surface area contributed by atoms with Gasteiger partial charge in [-0.2, -0.15) is 5.56 Å². The molecule has 2 aliphatic rings. The summed E-state index contributed by atoms with van der Waals surface area (Å²) < 4.78 is 0. The predicted molar refractivity (Wildman–Crippen MR) is 316 cm³/mol. The van der Waals surface area contributed by atoms with Gasteiger partial charge in [0.2, 0.25) is 0 Å². The van der Waals surface area contributed by atoms with Crippen LogP contribution in [0.15, 0.2) is 243 Å². The second-order valence-electron chi connectivity index (χ2n) is 19.2. The second kappa shape index (κ2) is 23.2. The first-order chi connectivity index (χ1) is 34.2. The van der Waals surface area contributed by atoms with E-state index in [0.29, 0.717) is 0 Å². The van der Waals surface area contributed by atoms with Crippen LogP contribution in [0.3, 0.4) is 0 Å². The van der Waals surface area contributed by atoms with E-state index in [1.165, 1.54) is 80.4 Å². The van der Waals surface area contributed by atoms with E-state index in [-0.39, 0.29) is 44.8 Å². The van der Waals surface area contributed by atoms with E-state index in [9.17, 15) is 0 Å². The molecule has 0 atom stereocenters. The third kappa shape index (κ3) is 10.5. The maximum absolute atomic E-state index is 7.26. The summed E-state index contributed by atoms with van der Waals surface area (Å²) in [4.78, 5) is 0. The minimum absolute atomic E-state index is 0. The zero-order chi connectivity index (χ0) is 48.2. The normalized spacial score (nSPS) is 12.7. The maximum atomic E-state index is 7.26. The molecule has 10 aromatic carbocycles. The summed E-state index contributed by atoms with van der Waals surface area (Å²) in [5, 5.41) is 17.3. The van der Waals surface area contributed by atoms with Gasteiger partial charge in [0.05, 0.1) is 0 Å². The summed E-state index contributed by atoms with van der Waals surface area (Å²) >= 11 is 0. The van der Waals surface area contributed by atoms with Crippen LogP contribution in [0.5, 0.6) is 0 Å². The average Bonchev–Trinajstić information content (AvgIpc) is 3.79. The van der Waals surface area contributed by atoms with Gasteiger partial charge in [0, 0.05) is 0 Å². The molecule has 2 heterocycles. The molecule has 0 spiro atoms. The number of benzene rings is 10. The van der Waals surface area contributed by atoms with Crippen molar-refractivity contribution in [2.45, 2.75) is 26.2 Å². The minimum atomic E-state index is -1.55. The summed E-state index contributed by atoms with van der Waals surface area (Å²) in [6.07, 6.45) is 8.95. The van der Waals surface area contributed by atoms with Gasteiger partial charge in [-0.15, -0.1) is 29.8 Å². The second-order valence-corrected chi connectivity index (χ2v) is 32.7. The van der Waals surface area contributed by atoms with Gasteiger partial charge in [-0.1, -0.05) is 194 Å². The molecule has 0 aliphatic carbocycles. The molecule has 0 fully saturated rings. The first kappa shape index (κ1) is 52.8. The van der Waals surface area contributed by atoms with Crippen LogP contribution in [0.2, 0.25) is 26.2 Å². The smallest absolute Gasteiger partial charge is 0.366 e. The monoisotopic (exact) mass is 1360 g/mol. The molecule has 72 heavy (non-hydrogen) atoms. The fraction of sp³-hybridized carbons (Fsp3) is 0.0606. The molecule has 10 aromatic rings. The maximum Gasteiger partial charge on any atom is 1.00 e. The van der Waals surface area contributed by atoms with E-state index >= 15 is 0 Å². The van der Waals surface area contributed by atoms with Crippen molar-refractivity contribution in [2.24, 2.45) is 0 Å². The van der Waals surface area contributed by atoms with Crippen LogP contribution in [0.25, 0.3) is 39.1 Å². The van der Waals surface area contributed by atoms with Crippen molar-refractivity contribution >= 4 is 101 Å². The van der Waals surface area contributed by atoms with Crippen LogP contribution in [-0.4, -0.2) is 16.1 Å². The van der Waals surface area contributed by atoms with Crippen molar-refractivity contribution in [3.63, 3.8) is 0 Å². The molecule has 2 aliphatic heterocycles. The number of hydrogen-bond donors (Lipinski definition) is 0. The van der Waals surface area contributed by atoms with Crippen molar-refractivity contribution < 1.29 is 44.8 Å². The van der Waals surface area contributed by atoms with Crippen LogP contribution in [0.1, 0.15) is 11.1 Å². The first-order valence-electron chi connectivity index (χ1n) is 24.1. The molecule has 0 unspecified atom stereocenters. The van der Waals surface area contributed by atoms with Gasteiger partial charge in [-0.3, -0.25) is 12.5 Å². The number of fused-ring (bicyclic) bond motifs is 7. The third-order valence-corrected chi connectivity index (χ3v) is 27.1. The van der Waals surface area contributed by atoms with Crippen LogP contribution >= 0.6 is 15.8 Å². The Kier molecular flexibility index (Phi) is 17.0. The zero-order valence-corrected chi connectivity index (χ0v) is 49.2. The number of rotatable bonds is 7. The van der Waals surface area contributed by atoms with Crippen LogP contribution in [0, 0.1) is 18.9 Å². The molecule has 0 saturated carbocycles. The fourth-order valence-electron chi connectivity index (χ4n) is 10.6. The zero-order valence-electron chi connectivity index (χ0n) is 40.9. The summed E-state index contributed by atoms with van der Waals surface area (Å²) in [7, 11) is -5.52. The Morgan fingerprint density at radius 1 is 0.375 bits per heavy atom. The molecule has 0 amide bonds. The summed E-state index contributed by atoms with van der Waals surface area (Å²) in [5.41, 5.74) is 7.58. The van der Waals surface area contributed by atoms with E-state index in [4.69, 9.17) is 13.0 Å². The fourth-order valence-corrected chi connectivity index (χ4v) is 22.9. The van der Waals surface area contributed by atoms with Crippen molar-refractivity contribution in [3.8, 4) is 28.2 Å². The average molecular weight is 1360 g/mol. The first-order valence-corrected chi connectivity index (χ1v) is 33.1. The van der Waals surface area contributed by atoms with E-state index in [1.807, 2.05) is 6.07 Å². The molecule has 6 heteroatoms. The summed E-state index contributed by atoms with van der Waals surface area (Å²) in [5.74, 6) is 2.49. The SMILES string of the molecule is [Au+].[Au+].[C-]#Cc1ccc2c(c1)[Si](C)(C)c1ccccc1-2.[CH-]=Cc1ccc2c(c1)[Si](C)(C)c1ccccc1-2.c1ccc([PH+](c2ccccc2)c2cc3ccccc3cc2[PH+](c2ccccc2)c2ccccc2)cc1. The van der Waals surface area contributed by atoms with Crippen LogP contribution in [0.4, 0.5) is 0 Å². The Bertz CT molecular complexity index is 3330. The Balaban J connectivity index is 0.000000161. The molecular formula is C66H56Au2P2Si2+2. The van der Waals surface area contributed by atoms with Gasteiger partial charge >= 0.3 is 44.8 Å². The molecule has 12 rings (SSSR count). The third-order valence-electron chi connectivity index (χ3n) is 14.2. The molecule has 0 nitrogen and oxygen atoms in total. The van der Waals surface area contributed by atoms with E-state index in [1.54, 1.807) is 11.3 Å². The van der Waals surface area contributed by atoms with Gasteiger partial charge in [-0.25, -0.2) is 6.08 Å². The van der Waals surface area contributed by atoms with Crippen LogP contribution < -0.4 is 52.6 Å². The van der Waals surface area contributed by atoms with Crippen molar-refractivity contribution in [1.82, 2.24) is 0 Å². The van der Waals surface area contributed by atoms with Gasteiger partial charge in [0.25, 0.3) is 0 Å². The van der Waals surface area contributed by atoms with E-state index < -0.39 is 32.0 Å². The molecule has 358 valence electrons. The van der Waals surface area contributed by atoms with Gasteiger partial charge in [-0.05, 0) is 104 Å². The van der Waals surface area contributed by atoms with E-state index in [2.05, 4.69) is 269 Å². The molecule has 0 aromatic heterocycles. The van der Waals surface area contributed by atoms with Gasteiger partial charge in [0.1, 0.15) is 63.8 Å². The molecule has 0 bridgehead atoms. The Labute approximate surface area is 463 Å². The quantitative estimate of drug-likeness (QED) is 0.0646. The Hall–Kier alpha value is -5.47. The Morgan fingerprint density at radius 3 is 1.10 bits per heavy atom. The molecule has 0 N–H and O–H groups in total. The summed E-state index contributed by atoms with van der Waals surface area (Å²) in [6.45, 7) is 15.2. The topological polar surface area (TPSA) is 0 Å². The van der Waals surface area contributed by atoms with Crippen molar-refractivity contribution in [3.05, 3.63) is 267 Å². The molecule has 0 saturated heterocycles. The van der Waals surface area contributed by atoms with Gasteiger partial charge < -0.3 is 6.42 Å². The Morgan fingerprint density at radius 2 is 0.708 bits per heavy atom. The number of hydrogen-bond acceptors (Lipinski definition) is 0. The molecular weight excluding hydrogens is 1300 g/mol. The summed E-state index contributed by atoms with van der Waals surface area (Å²) in [6, 6.07) is 88.7. The van der Waals surface area contributed by atoms with Crippen LogP contribution in [-0.2, 0) is 44.8 Å². The standard InChI is InChI=1S/C34H26P2.C16H15Si.C16H13Si.2Au/c1-5-17-29(18-6-1)35(30-19-7-2-8-20-30)33-25-27-15-13-14-16-28(27)26-34(33)36(31-21-9-3-10-22-31)32-23-11-4-12-24-32;2*1-4-12-9-10-14-13-7-5-6-8-15(13)17(2,3)16(14)11-12;;/h1-26H;1,4-11H,2-3H3;5-11H,2-3H3;;/q;2*-1;2*+1/p+2. The van der Waals surface area contributed by atoms with Crippen molar-refractivity contribution in [1.29, 1.82) is 0 Å². The molecule has 0 radical (unpaired) electrons.